The average molecular weight is 291 g/mol. The number of hydrogen-bond donors (Lipinski definition) is 3. The molecule has 0 saturated carbocycles. The number of amides is 1. The lowest BCUT2D eigenvalue weighted by Crippen LogP contribution is -2.43. The molecule has 1 heterocycles. The molecule has 0 aliphatic heterocycles. The van der Waals surface area contributed by atoms with Gasteiger partial charge in [0.15, 0.2) is 5.11 Å². The molecule has 0 saturated heterocycles. The second kappa shape index (κ2) is 6.31. The first-order chi connectivity index (χ1) is 9.15. The van der Waals surface area contributed by atoms with Gasteiger partial charge in [0, 0.05) is 5.69 Å². The van der Waals surface area contributed by atoms with Crippen molar-refractivity contribution >= 4 is 40.3 Å². The topological polar surface area (TPSA) is 53.2 Å². The van der Waals surface area contributed by atoms with Crippen molar-refractivity contribution in [3.8, 4) is 0 Å². The highest BCUT2D eigenvalue weighted by atomic mass is 32.1. The van der Waals surface area contributed by atoms with E-state index in [0.717, 1.165) is 11.3 Å². The van der Waals surface area contributed by atoms with E-state index in [4.69, 9.17) is 12.2 Å². The van der Waals surface area contributed by atoms with E-state index >= 15 is 0 Å². The molecule has 19 heavy (non-hydrogen) atoms. The lowest BCUT2D eigenvalue weighted by Gasteiger charge is -2.11. The van der Waals surface area contributed by atoms with Gasteiger partial charge in [-0.05, 0) is 48.3 Å². The van der Waals surface area contributed by atoms with Gasteiger partial charge in [-0.25, -0.2) is 0 Å². The third kappa shape index (κ3) is 4.04. The molecule has 0 unspecified atom stereocenters. The van der Waals surface area contributed by atoms with Gasteiger partial charge in [-0.3, -0.25) is 15.6 Å². The number of nitrogens with one attached hydrogen (secondary N) is 3. The number of benzene rings is 1. The Morgan fingerprint density at radius 3 is 2.74 bits per heavy atom. The van der Waals surface area contributed by atoms with Crippen LogP contribution in [0.3, 0.4) is 0 Å². The molecule has 2 aromatic rings. The van der Waals surface area contributed by atoms with Crippen LogP contribution < -0.4 is 16.2 Å². The van der Waals surface area contributed by atoms with Gasteiger partial charge in [-0.2, -0.15) is 0 Å². The first-order valence-corrected chi connectivity index (χ1v) is 6.91. The molecule has 0 aliphatic carbocycles. The fourth-order valence-corrected chi connectivity index (χ4v) is 2.26. The van der Waals surface area contributed by atoms with Crippen molar-refractivity contribution < 1.29 is 4.79 Å². The van der Waals surface area contributed by atoms with Gasteiger partial charge >= 0.3 is 0 Å². The zero-order chi connectivity index (χ0) is 13.7. The normalized spacial score (nSPS) is 9.74. The molecular formula is C13H13N3OS2. The summed E-state index contributed by atoms with van der Waals surface area (Å²) in [4.78, 5) is 12.3. The summed E-state index contributed by atoms with van der Waals surface area (Å²) < 4.78 is 0. The molecule has 4 nitrogen and oxygen atoms in total. The van der Waals surface area contributed by atoms with Crippen LogP contribution in [0.4, 0.5) is 5.69 Å². The highest BCUT2D eigenvalue weighted by molar-refractivity contribution is 7.80. The molecule has 1 aromatic heterocycles. The van der Waals surface area contributed by atoms with Crippen molar-refractivity contribution in [1.29, 1.82) is 0 Å². The predicted molar refractivity (Wildman–Crippen MR) is 82.3 cm³/mol. The van der Waals surface area contributed by atoms with Crippen LogP contribution in [-0.4, -0.2) is 11.0 Å². The van der Waals surface area contributed by atoms with E-state index < -0.39 is 0 Å². The van der Waals surface area contributed by atoms with Crippen molar-refractivity contribution in [2.45, 2.75) is 6.92 Å². The Labute approximate surface area is 120 Å². The Hall–Kier alpha value is -1.92. The van der Waals surface area contributed by atoms with Crippen LogP contribution in [0.25, 0.3) is 0 Å². The number of hydrogen-bond acceptors (Lipinski definition) is 3. The first kappa shape index (κ1) is 13.5. The number of aryl methyl sites for hydroxylation is 1. The van der Waals surface area contributed by atoms with E-state index in [0.29, 0.717) is 9.99 Å². The maximum Gasteiger partial charge on any atom is 0.279 e. The minimum absolute atomic E-state index is 0.205. The number of anilines is 1. The van der Waals surface area contributed by atoms with Gasteiger partial charge < -0.3 is 5.32 Å². The predicted octanol–water partition coefficient (Wildman–Crippen LogP) is 2.69. The zero-order valence-corrected chi connectivity index (χ0v) is 11.9. The Kier molecular flexibility index (Phi) is 4.48. The monoisotopic (exact) mass is 291 g/mol. The van der Waals surface area contributed by atoms with Crippen LogP contribution in [-0.2, 0) is 0 Å². The quantitative estimate of drug-likeness (QED) is 0.588. The van der Waals surface area contributed by atoms with Crippen LogP contribution in [0.15, 0.2) is 41.8 Å². The van der Waals surface area contributed by atoms with Crippen LogP contribution in [0, 0.1) is 6.92 Å². The van der Waals surface area contributed by atoms with Crippen molar-refractivity contribution in [2.75, 3.05) is 5.32 Å². The Balaban J connectivity index is 1.83. The fraction of sp³-hybridized carbons (Fsp3) is 0.0769. The molecule has 3 N–H and O–H groups in total. The number of rotatable bonds is 2. The first-order valence-electron chi connectivity index (χ1n) is 5.62. The highest BCUT2D eigenvalue weighted by Gasteiger charge is 2.06. The standard InChI is InChI=1S/C13H13N3OS2/c1-9-4-2-5-10(8-9)14-13(18)16-15-12(17)11-6-3-7-19-11/h2-8H,1H3,(H,15,17)(H2,14,16,18). The number of thiocarbonyl (C=S) groups is 1. The van der Waals surface area contributed by atoms with Crippen LogP contribution in [0.2, 0.25) is 0 Å². The molecule has 98 valence electrons. The molecule has 1 aromatic carbocycles. The molecule has 0 bridgehead atoms. The van der Waals surface area contributed by atoms with Crippen molar-refractivity contribution in [1.82, 2.24) is 10.9 Å². The molecule has 1 amide bonds. The van der Waals surface area contributed by atoms with Crippen molar-refractivity contribution in [3.05, 3.63) is 52.2 Å². The van der Waals surface area contributed by atoms with Gasteiger partial charge in [0.25, 0.3) is 5.91 Å². The lowest BCUT2D eigenvalue weighted by molar-refractivity contribution is 0.0948. The second-order valence-electron chi connectivity index (χ2n) is 3.88. The van der Waals surface area contributed by atoms with Gasteiger partial charge in [-0.1, -0.05) is 18.2 Å². The third-order valence-corrected chi connectivity index (χ3v) is 3.38. The van der Waals surface area contributed by atoms with E-state index in [9.17, 15) is 4.79 Å². The summed E-state index contributed by atoms with van der Waals surface area (Å²) in [7, 11) is 0. The van der Waals surface area contributed by atoms with E-state index in [-0.39, 0.29) is 5.91 Å². The Bertz CT molecular complexity index is 581. The van der Waals surface area contributed by atoms with Gasteiger partial charge in [-0.15, -0.1) is 11.3 Å². The van der Waals surface area contributed by atoms with Gasteiger partial charge in [0.2, 0.25) is 0 Å². The number of carbonyl (C=O) groups excluding carboxylic acids is 1. The smallest absolute Gasteiger partial charge is 0.279 e. The highest BCUT2D eigenvalue weighted by Crippen LogP contribution is 2.09. The zero-order valence-electron chi connectivity index (χ0n) is 10.3. The van der Waals surface area contributed by atoms with Crippen molar-refractivity contribution in [3.63, 3.8) is 0 Å². The third-order valence-electron chi connectivity index (χ3n) is 2.31. The summed E-state index contributed by atoms with van der Waals surface area (Å²) in [6.45, 7) is 2.00. The minimum Gasteiger partial charge on any atom is -0.331 e. The lowest BCUT2D eigenvalue weighted by atomic mass is 10.2. The second-order valence-corrected chi connectivity index (χ2v) is 5.24. The van der Waals surface area contributed by atoms with Crippen molar-refractivity contribution in [2.24, 2.45) is 0 Å². The van der Waals surface area contributed by atoms with E-state index in [1.807, 2.05) is 42.6 Å². The molecule has 6 heteroatoms. The SMILES string of the molecule is Cc1cccc(NC(=S)NNC(=O)c2cccs2)c1. The van der Waals surface area contributed by atoms with Crippen LogP contribution in [0.1, 0.15) is 15.2 Å². The summed E-state index contributed by atoms with van der Waals surface area (Å²) in [5, 5.41) is 5.18. The molecule has 2 rings (SSSR count). The van der Waals surface area contributed by atoms with E-state index in [2.05, 4.69) is 16.2 Å². The Morgan fingerprint density at radius 1 is 1.21 bits per heavy atom. The molecule has 0 spiro atoms. The molecule has 0 fully saturated rings. The van der Waals surface area contributed by atoms with Gasteiger partial charge in [0.05, 0.1) is 4.88 Å². The summed E-state index contributed by atoms with van der Waals surface area (Å²) in [5.74, 6) is -0.205. The largest absolute Gasteiger partial charge is 0.331 e. The minimum atomic E-state index is -0.205. The Morgan fingerprint density at radius 2 is 2.05 bits per heavy atom. The molecule has 0 radical (unpaired) electrons. The number of hydrazine groups is 1. The number of carbonyl (C=O) groups is 1. The summed E-state index contributed by atoms with van der Waals surface area (Å²) in [5.41, 5.74) is 7.22. The average Bonchev–Trinajstić information content (AvgIpc) is 2.90. The molecular weight excluding hydrogens is 278 g/mol. The van der Waals surface area contributed by atoms with Gasteiger partial charge in [0.1, 0.15) is 0 Å². The molecule has 0 aliphatic rings. The van der Waals surface area contributed by atoms with E-state index in [1.54, 1.807) is 6.07 Å². The summed E-state index contributed by atoms with van der Waals surface area (Å²) in [6.07, 6.45) is 0. The fourth-order valence-electron chi connectivity index (χ4n) is 1.47. The molecule has 0 atom stereocenters. The van der Waals surface area contributed by atoms with Crippen LogP contribution >= 0.6 is 23.6 Å². The maximum absolute atomic E-state index is 11.7. The van der Waals surface area contributed by atoms with Crippen LogP contribution in [0.5, 0.6) is 0 Å². The summed E-state index contributed by atoms with van der Waals surface area (Å²) in [6, 6.07) is 11.4. The maximum atomic E-state index is 11.7. The van der Waals surface area contributed by atoms with E-state index in [1.165, 1.54) is 11.3 Å². The summed E-state index contributed by atoms with van der Waals surface area (Å²) >= 11 is 6.47. The number of thiophene rings is 1.